The summed E-state index contributed by atoms with van der Waals surface area (Å²) < 4.78 is 0. The molecule has 0 aliphatic rings. The molecule has 0 saturated heterocycles. The molecule has 0 aliphatic heterocycles. The largest absolute Gasteiger partial charge is 0.508 e. The van der Waals surface area contributed by atoms with Crippen LogP contribution in [0.3, 0.4) is 0 Å². The smallest absolute Gasteiger partial charge is 0.245 e. The van der Waals surface area contributed by atoms with Gasteiger partial charge in [0.2, 0.25) is 5.91 Å². The first-order chi connectivity index (χ1) is 8.66. The number of hydrogen-bond acceptors (Lipinski definition) is 3. The fraction of sp³-hybridized carbons (Fsp3) is 0.0714. The van der Waals surface area contributed by atoms with Gasteiger partial charge in [-0.05, 0) is 17.7 Å². The molecule has 18 heavy (non-hydrogen) atoms. The predicted octanol–water partition coefficient (Wildman–Crippen LogP) is 2.03. The number of aromatic hydroxyl groups is 1. The number of rotatable bonds is 3. The zero-order valence-electron chi connectivity index (χ0n) is 9.71. The van der Waals surface area contributed by atoms with Crippen LogP contribution >= 0.6 is 0 Å². The number of nitrogens with one attached hydrogen (secondary N) is 1. The van der Waals surface area contributed by atoms with Crippen molar-refractivity contribution in [3.8, 4) is 5.75 Å². The van der Waals surface area contributed by atoms with Crippen molar-refractivity contribution in [2.75, 3.05) is 5.32 Å². The topological polar surface area (TPSA) is 75.4 Å². The quantitative estimate of drug-likeness (QED) is 0.770. The van der Waals surface area contributed by atoms with Gasteiger partial charge in [0.1, 0.15) is 11.8 Å². The van der Waals surface area contributed by atoms with E-state index in [0.717, 1.165) is 5.56 Å². The van der Waals surface area contributed by atoms with Gasteiger partial charge in [-0.2, -0.15) is 0 Å². The highest BCUT2D eigenvalue weighted by atomic mass is 16.3. The second-order valence-electron chi connectivity index (χ2n) is 3.93. The Kier molecular flexibility index (Phi) is 3.60. The monoisotopic (exact) mass is 242 g/mol. The maximum atomic E-state index is 11.9. The molecule has 1 atom stereocenters. The minimum absolute atomic E-state index is 0.0982. The molecule has 0 radical (unpaired) electrons. The Morgan fingerprint density at radius 3 is 2.50 bits per heavy atom. The molecule has 4 heteroatoms. The van der Waals surface area contributed by atoms with Crippen molar-refractivity contribution in [3.63, 3.8) is 0 Å². The van der Waals surface area contributed by atoms with Gasteiger partial charge >= 0.3 is 0 Å². The number of amides is 1. The van der Waals surface area contributed by atoms with E-state index in [2.05, 4.69) is 5.32 Å². The summed E-state index contributed by atoms with van der Waals surface area (Å²) in [6, 6.07) is 14.7. The second kappa shape index (κ2) is 5.33. The second-order valence-corrected chi connectivity index (χ2v) is 3.93. The van der Waals surface area contributed by atoms with E-state index in [-0.39, 0.29) is 11.7 Å². The molecule has 0 bridgehead atoms. The first kappa shape index (κ1) is 12.1. The first-order valence-electron chi connectivity index (χ1n) is 5.57. The van der Waals surface area contributed by atoms with E-state index in [1.54, 1.807) is 24.3 Å². The van der Waals surface area contributed by atoms with Gasteiger partial charge in [0.05, 0.1) is 0 Å². The number of phenols is 1. The molecule has 2 rings (SSSR count). The van der Waals surface area contributed by atoms with Gasteiger partial charge in [-0.1, -0.05) is 36.4 Å². The Morgan fingerprint density at radius 1 is 1.11 bits per heavy atom. The van der Waals surface area contributed by atoms with Crippen LogP contribution < -0.4 is 11.1 Å². The lowest BCUT2D eigenvalue weighted by Gasteiger charge is -2.12. The van der Waals surface area contributed by atoms with Crippen LogP contribution in [-0.4, -0.2) is 11.0 Å². The van der Waals surface area contributed by atoms with Gasteiger partial charge < -0.3 is 16.2 Å². The van der Waals surface area contributed by atoms with Crippen LogP contribution in [0.2, 0.25) is 0 Å². The third-order valence-electron chi connectivity index (χ3n) is 2.55. The van der Waals surface area contributed by atoms with Crippen molar-refractivity contribution in [1.29, 1.82) is 0 Å². The van der Waals surface area contributed by atoms with E-state index < -0.39 is 6.04 Å². The Hall–Kier alpha value is -2.33. The number of nitrogens with two attached hydrogens (primary N) is 1. The van der Waals surface area contributed by atoms with Crippen molar-refractivity contribution < 1.29 is 9.90 Å². The Labute approximate surface area is 105 Å². The Bertz CT molecular complexity index is 541. The van der Waals surface area contributed by atoms with E-state index in [1.807, 2.05) is 18.2 Å². The van der Waals surface area contributed by atoms with E-state index in [0.29, 0.717) is 5.69 Å². The summed E-state index contributed by atoms with van der Waals surface area (Å²) in [5, 5.41) is 12.0. The number of phenolic OH excluding ortho intramolecular Hbond substituents is 1. The Balaban J connectivity index is 2.09. The maximum Gasteiger partial charge on any atom is 0.245 e. The molecule has 4 N–H and O–H groups in total. The van der Waals surface area contributed by atoms with Gasteiger partial charge in [-0.15, -0.1) is 0 Å². The molecule has 0 unspecified atom stereocenters. The lowest BCUT2D eigenvalue weighted by atomic mass is 10.1. The lowest BCUT2D eigenvalue weighted by molar-refractivity contribution is -0.117. The van der Waals surface area contributed by atoms with Gasteiger partial charge in [-0.25, -0.2) is 0 Å². The zero-order valence-corrected chi connectivity index (χ0v) is 9.71. The van der Waals surface area contributed by atoms with Crippen LogP contribution in [0.4, 0.5) is 5.69 Å². The summed E-state index contributed by atoms with van der Waals surface area (Å²) in [5.74, 6) is -0.215. The number of carbonyl (C=O) groups excluding carboxylic acids is 1. The van der Waals surface area contributed by atoms with E-state index >= 15 is 0 Å². The molecule has 92 valence electrons. The Morgan fingerprint density at radius 2 is 1.83 bits per heavy atom. The summed E-state index contributed by atoms with van der Waals surface area (Å²) in [5.41, 5.74) is 7.12. The maximum absolute atomic E-state index is 11.9. The van der Waals surface area contributed by atoms with Gasteiger partial charge in [0, 0.05) is 11.8 Å². The fourth-order valence-corrected chi connectivity index (χ4v) is 1.62. The molecule has 0 heterocycles. The summed E-state index contributed by atoms with van der Waals surface area (Å²) >= 11 is 0. The number of benzene rings is 2. The highest BCUT2D eigenvalue weighted by Gasteiger charge is 2.15. The van der Waals surface area contributed by atoms with Crippen LogP contribution in [-0.2, 0) is 4.79 Å². The molecule has 0 saturated carbocycles. The minimum Gasteiger partial charge on any atom is -0.508 e. The summed E-state index contributed by atoms with van der Waals surface area (Å²) in [7, 11) is 0. The standard InChI is InChI=1S/C14H14N2O2/c15-13(10-5-2-1-3-6-10)14(18)16-11-7-4-8-12(17)9-11/h1-9,13,17H,15H2,(H,16,18)/t13-/m1/s1. The minimum atomic E-state index is -0.728. The molecule has 0 aliphatic carbocycles. The number of anilines is 1. The van der Waals surface area contributed by atoms with Gasteiger partial charge in [0.15, 0.2) is 0 Å². The van der Waals surface area contributed by atoms with Gasteiger partial charge in [-0.3, -0.25) is 4.79 Å². The normalized spacial score (nSPS) is 11.8. The molecule has 1 amide bonds. The third-order valence-corrected chi connectivity index (χ3v) is 2.55. The highest BCUT2D eigenvalue weighted by molar-refractivity contribution is 5.95. The van der Waals surface area contributed by atoms with Crippen LogP contribution in [0.15, 0.2) is 54.6 Å². The van der Waals surface area contributed by atoms with Crippen LogP contribution in [0.1, 0.15) is 11.6 Å². The molecular formula is C14H14N2O2. The molecular weight excluding hydrogens is 228 g/mol. The van der Waals surface area contributed by atoms with Crippen molar-refractivity contribution in [2.45, 2.75) is 6.04 Å². The summed E-state index contributed by atoms with van der Waals surface area (Å²) in [4.78, 5) is 11.9. The van der Waals surface area contributed by atoms with E-state index in [9.17, 15) is 9.90 Å². The zero-order chi connectivity index (χ0) is 13.0. The van der Waals surface area contributed by atoms with Crippen molar-refractivity contribution >= 4 is 11.6 Å². The van der Waals surface area contributed by atoms with E-state index in [4.69, 9.17) is 5.73 Å². The first-order valence-corrected chi connectivity index (χ1v) is 5.57. The summed E-state index contributed by atoms with van der Waals surface area (Å²) in [6.07, 6.45) is 0. The summed E-state index contributed by atoms with van der Waals surface area (Å²) in [6.45, 7) is 0. The average molecular weight is 242 g/mol. The molecule has 0 fully saturated rings. The van der Waals surface area contributed by atoms with Crippen molar-refractivity contribution in [2.24, 2.45) is 5.73 Å². The highest BCUT2D eigenvalue weighted by Crippen LogP contribution is 2.17. The van der Waals surface area contributed by atoms with Crippen LogP contribution in [0.5, 0.6) is 5.75 Å². The molecule has 0 spiro atoms. The van der Waals surface area contributed by atoms with Gasteiger partial charge in [0.25, 0.3) is 0 Å². The van der Waals surface area contributed by atoms with Crippen molar-refractivity contribution in [3.05, 3.63) is 60.2 Å². The number of hydrogen-bond donors (Lipinski definition) is 3. The molecule has 0 aromatic heterocycles. The van der Waals surface area contributed by atoms with E-state index in [1.165, 1.54) is 12.1 Å². The lowest BCUT2D eigenvalue weighted by Crippen LogP contribution is -2.27. The predicted molar refractivity (Wildman–Crippen MR) is 70.1 cm³/mol. The SMILES string of the molecule is N[C@@H](C(=O)Nc1cccc(O)c1)c1ccccc1. The fourth-order valence-electron chi connectivity index (χ4n) is 1.62. The third kappa shape index (κ3) is 2.87. The average Bonchev–Trinajstić information content (AvgIpc) is 2.39. The molecule has 2 aromatic carbocycles. The van der Waals surface area contributed by atoms with Crippen LogP contribution in [0, 0.1) is 0 Å². The molecule has 2 aromatic rings. The number of carbonyl (C=O) groups is 1. The van der Waals surface area contributed by atoms with Crippen LogP contribution in [0.25, 0.3) is 0 Å². The van der Waals surface area contributed by atoms with Crippen molar-refractivity contribution in [1.82, 2.24) is 0 Å². The molecule has 4 nitrogen and oxygen atoms in total.